The molecule has 0 spiro atoms. The Morgan fingerprint density at radius 1 is 1.50 bits per heavy atom. The average Bonchev–Trinajstić information content (AvgIpc) is 2.96. The van der Waals surface area contributed by atoms with E-state index in [9.17, 15) is 4.79 Å². The number of ketones is 1. The van der Waals surface area contributed by atoms with Crippen molar-refractivity contribution in [3.05, 3.63) is 18.0 Å². The summed E-state index contributed by atoms with van der Waals surface area (Å²) in [5.41, 5.74) is 0.778. The number of rotatable bonds is 5. The van der Waals surface area contributed by atoms with Gasteiger partial charge in [-0.2, -0.15) is 5.10 Å². The van der Waals surface area contributed by atoms with Crippen LogP contribution in [0.15, 0.2) is 12.4 Å². The maximum atomic E-state index is 11.9. The van der Waals surface area contributed by atoms with Crippen LogP contribution in [0.4, 0.5) is 0 Å². The minimum atomic E-state index is 0.256. The van der Waals surface area contributed by atoms with Gasteiger partial charge in [-0.3, -0.25) is 9.48 Å². The molecule has 0 amide bonds. The monoisotopic (exact) mass is 220 g/mol. The molecule has 88 valence electrons. The van der Waals surface area contributed by atoms with Crippen molar-refractivity contribution in [3.8, 4) is 0 Å². The molecule has 1 aromatic rings. The molecule has 1 fully saturated rings. The topological polar surface area (TPSA) is 34.9 Å². The second-order valence-electron chi connectivity index (χ2n) is 4.70. The second kappa shape index (κ2) is 5.28. The Kier molecular flexibility index (Phi) is 3.75. The van der Waals surface area contributed by atoms with Crippen LogP contribution in [0.2, 0.25) is 0 Å². The highest BCUT2D eigenvalue weighted by atomic mass is 16.1. The van der Waals surface area contributed by atoms with Crippen LogP contribution in [0.1, 0.15) is 55.8 Å². The first-order valence-electron chi connectivity index (χ1n) is 6.35. The summed E-state index contributed by atoms with van der Waals surface area (Å²) in [6, 6.07) is 0. The Morgan fingerprint density at radius 3 is 2.88 bits per heavy atom. The number of aromatic nitrogens is 2. The maximum absolute atomic E-state index is 11.9. The maximum Gasteiger partial charge on any atom is 0.166 e. The molecule has 0 radical (unpaired) electrons. The normalized spacial score (nSPS) is 16.8. The van der Waals surface area contributed by atoms with E-state index in [1.165, 1.54) is 25.7 Å². The molecule has 0 aromatic carbocycles. The Bertz CT molecular complexity index is 351. The van der Waals surface area contributed by atoms with Crippen molar-refractivity contribution in [3.63, 3.8) is 0 Å². The van der Waals surface area contributed by atoms with Gasteiger partial charge < -0.3 is 0 Å². The molecule has 1 aromatic heterocycles. The molecule has 0 bridgehead atoms. The highest BCUT2D eigenvalue weighted by Crippen LogP contribution is 2.28. The quantitative estimate of drug-likeness (QED) is 0.715. The van der Waals surface area contributed by atoms with E-state index in [1.54, 1.807) is 6.20 Å². The third-order valence-electron chi connectivity index (χ3n) is 3.53. The lowest BCUT2D eigenvalue weighted by atomic mass is 9.99. The lowest BCUT2D eigenvalue weighted by Gasteiger charge is -2.06. The fourth-order valence-electron chi connectivity index (χ4n) is 2.46. The van der Waals surface area contributed by atoms with Crippen LogP contribution in [0.25, 0.3) is 0 Å². The molecule has 3 heteroatoms. The molecule has 3 nitrogen and oxygen atoms in total. The van der Waals surface area contributed by atoms with Crippen molar-refractivity contribution in [2.24, 2.45) is 5.92 Å². The van der Waals surface area contributed by atoms with Crippen molar-refractivity contribution >= 4 is 5.78 Å². The SMILES string of the molecule is CCn1cc(C(=O)CCC2CCCC2)cn1. The Morgan fingerprint density at radius 2 is 2.25 bits per heavy atom. The van der Waals surface area contributed by atoms with E-state index in [-0.39, 0.29) is 5.78 Å². The molecule has 0 N–H and O–H groups in total. The van der Waals surface area contributed by atoms with Crippen molar-refractivity contribution < 1.29 is 4.79 Å². The summed E-state index contributed by atoms with van der Waals surface area (Å²) in [4.78, 5) is 11.9. The molecular weight excluding hydrogens is 200 g/mol. The van der Waals surface area contributed by atoms with Crippen molar-refractivity contribution in [2.75, 3.05) is 0 Å². The molecule has 0 atom stereocenters. The summed E-state index contributed by atoms with van der Waals surface area (Å²) >= 11 is 0. The summed E-state index contributed by atoms with van der Waals surface area (Å²) in [5.74, 6) is 1.05. The molecule has 0 unspecified atom stereocenters. The third kappa shape index (κ3) is 2.71. The van der Waals surface area contributed by atoms with Gasteiger partial charge in [-0.15, -0.1) is 0 Å². The fourth-order valence-corrected chi connectivity index (χ4v) is 2.46. The average molecular weight is 220 g/mol. The Balaban J connectivity index is 1.82. The zero-order chi connectivity index (χ0) is 11.4. The molecule has 2 rings (SSSR count). The van der Waals surface area contributed by atoms with Crippen LogP contribution in [-0.2, 0) is 6.54 Å². The van der Waals surface area contributed by atoms with Crippen molar-refractivity contribution in [1.29, 1.82) is 0 Å². The summed E-state index contributed by atoms with van der Waals surface area (Å²) in [7, 11) is 0. The van der Waals surface area contributed by atoms with Gasteiger partial charge in [0.25, 0.3) is 0 Å². The Labute approximate surface area is 96.8 Å². The van der Waals surface area contributed by atoms with Crippen LogP contribution in [0.5, 0.6) is 0 Å². The van der Waals surface area contributed by atoms with Crippen LogP contribution in [0.3, 0.4) is 0 Å². The molecule has 0 aliphatic heterocycles. The predicted octanol–water partition coefficient (Wildman–Crippen LogP) is 3.06. The van der Waals surface area contributed by atoms with Crippen LogP contribution >= 0.6 is 0 Å². The predicted molar refractivity (Wildman–Crippen MR) is 63.4 cm³/mol. The van der Waals surface area contributed by atoms with Gasteiger partial charge in [-0.1, -0.05) is 25.7 Å². The van der Waals surface area contributed by atoms with E-state index in [0.29, 0.717) is 6.42 Å². The summed E-state index contributed by atoms with van der Waals surface area (Å²) < 4.78 is 1.81. The molecule has 1 saturated carbocycles. The largest absolute Gasteiger partial charge is 0.294 e. The van der Waals surface area contributed by atoms with Crippen molar-refractivity contribution in [1.82, 2.24) is 9.78 Å². The lowest BCUT2D eigenvalue weighted by molar-refractivity contribution is 0.0974. The molecular formula is C13H20N2O. The van der Waals surface area contributed by atoms with E-state index in [2.05, 4.69) is 5.10 Å². The van der Waals surface area contributed by atoms with E-state index < -0.39 is 0 Å². The van der Waals surface area contributed by atoms with Gasteiger partial charge in [0.1, 0.15) is 0 Å². The van der Waals surface area contributed by atoms with Gasteiger partial charge in [0.05, 0.1) is 11.8 Å². The zero-order valence-corrected chi connectivity index (χ0v) is 9.98. The van der Waals surface area contributed by atoms with Crippen LogP contribution < -0.4 is 0 Å². The minimum absolute atomic E-state index is 0.256. The number of carbonyl (C=O) groups excluding carboxylic acids is 1. The van der Waals surface area contributed by atoms with Gasteiger partial charge in [0, 0.05) is 19.2 Å². The Hall–Kier alpha value is -1.12. The fraction of sp³-hybridized carbons (Fsp3) is 0.692. The third-order valence-corrected chi connectivity index (χ3v) is 3.53. The smallest absolute Gasteiger partial charge is 0.166 e. The van der Waals surface area contributed by atoms with Gasteiger partial charge in [-0.25, -0.2) is 0 Å². The number of hydrogen-bond acceptors (Lipinski definition) is 2. The minimum Gasteiger partial charge on any atom is -0.294 e. The van der Waals surface area contributed by atoms with Crippen LogP contribution in [-0.4, -0.2) is 15.6 Å². The highest BCUT2D eigenvalue weighted by Gasteiger charge is 2.17. The van der Waals surface area contributed by atoms with E-state index in [0.717, 1.165) is 24.4 Å². The van der Waals surface area contributed by atoms with Crippen molar-refractivity contribution in [2.45, 2.75) is 52.0 Å². The van der Waals surface area contributed by atoms with Gasteiger partial charge in [-0.05, 0) is 19.3 Å². The first-order chi connectivity index (χ1) is 7.79. The molecule has 1 aliphatic rings. The van der Waals surface area contributed by atoms with E-state index >= 15 is 0 Å². The number of carbonyl (C=O) groups is 1. The lowest BCUT2D eigenvalue weighted by Crippen LogP contribution is -2.02. The standard InChI is InChI=1S/C13H20N2O/c1-2-15-10-12(9-14-15)13(16)8-7-11-5-3-4-6-11/h9-11H,2-8H2,1H3. The van der Waals surface area contributed by atoms with Gasteiger partial charge in [0.2, 0.25) is 0 Å². The molecule has 0 saturated heterocycles. The second-order valence-corrected chi connectivity index (χ2v) is 4.70. The molecule has 1 aliphatic carbocycles. The van der Waals surface area contributed by atoms with E-state index in [4.69, 9.17) is 0 Å². The number of hydrogen-bond donors (Lipinski definition) is 0. The summed E-state index contributed by atoms with van der Waals surface area (Å²) in [5, 5.41) is 4.13. The van der Waals surface area contributed by atoms with Crippen LogP contribution in [0, 0.1) is 5.92 Å². The number of aryl methyl sites for hydroxylation is 1. The number of Topliss-reactive ketones (excluding diaryl/α,β-unsaturated/α-hetero) is 1. The summed E-state index contributed by atoms with van der Waals surface area (Å²) in [6.45, 7) is 2.86. The zero-order valence-electron chi connectivity index (χ0n) is 9.98. The van der Waals surface area contributed by atoms with Gasteiger partial charge in [0.15, 0.2) is 5.78 Å². The first kappa shape index (κ1) is 11.4. The highest BCUT2D eigenvalue weighted by molar-refractivity contribution is 5.95. The number of nitrogens with zero attached hydrogens (tertiary/aromatic N) is 2. The van der Waals surface area contributed by atoms with Gasteiger partial charge >= 0.3 is 0 Å². The molecule has 1 heterocycles. The molecule has 16 heavy (non-hydrogen) atoms. The van der Waals surface area contributed by atoms with E-state index in [1.807, 2.05) is 17.8 Å². The summed E-state index contributed by atoms with van der Waals surface area (Å²) in [6.07, 6.45) is 10.7. The first-order valence-corrected chi connectivity index (χ1v) is 6.35.